The lowest BCUT2D eigenvalue weighted by molar-refractivity contribution is -0.128. The van der Waals surface area contributed by atoms with Gasteiger partial charge in [-0.05, 0) is 41.4 Å². The quantitative estimate of drug-likeness (QED) is 0.0888. The summed E-state index contributed by atoms with van der Waals surface area (Å²) < 4.78 is 13.0. The Morgan fingerprint density at radius 2 is 1.95 bits per heavy atom. The van der Waals surface area contributed by atoms with Crippen molar-refractivity contribution < 1.29 is 19.4 Å². The molecule has 0 spiro atoms. The average molecular weight is 590 g/mol. The lowest BCUT2D eigenvalue weighted by atomic mass is 9.81. The van der Waals surface area contributed by atoms with E-state index < -0.39 is 11.6 Å². The summed E-state index contributed by atoms with van der Waals surface area (Å²) in [7, 11) is 0. The van der Waals surface area contributed by atoms with E-state index in [9.17, 15) is 10.3 Å². The molecular weight excluding hydrogens is 562 g/mol. The molecule has 2 N–H and O–H groups in total. The van der Waals surface area contributed by atoms with Crippen LogP contribution in [0.4, 0.5) is 5.69 Å². The molecule has 1 heterocycles. The maximum absolute atomic E-state index is 14.0. The smallest absolute Gasteiger partial charge is 0.252 e. The van der Waals surface area contributed by atoms with Gasteiger partial charge in [-0.1, -0.05) is 69.6 Å². The molecule has 39 heavy (non-hydrogen) atoms. The standard InChI is InChI=1S/C29H28BrN5O4/c1-2-16-32-28(37)29(19-21-8-3-5-10-24(21)30)26(23-9-4-6-11-25(23)34-35-31)39-27(33-29)20-12-14-22(15-13-20)38-18-7-17-36/h2-6,8-15,26,36H,1,7,16-19H2,(H,32,37)/t26-,29-/m1/s1. The molecule has 10 heteroatoms. The van der Waals surface area contributed by atoms with Crippen LogP contribution in [0.1, 0.15) is 29.2 Å². The van der Waals surface area contributed by atoms with Crippen LogP contribution in [0.3, 0.4) is 0 Å². The first-order chi connectivity index (χ1) is 19.0. The lowest BCUT2D eigenvalue weighted by Gasteiger charge is -2.31. The van der Waals surface area contributed by atoms with E-state index >= 15 is 0 Å². The minimum Gasteiger partial charge on any atom is -0.494 e. The van der Waals surface area contributed by atoms with Crippen molar-refractivity contribution in [3.05, 3.63) is 117 Å². The van der Waals surface area contributed by atoms with Gasteiger partial charge in [-0.25, -0.2) is 4.99 Å². The maximum Gasteiger partial charge on any atom is 0.252 e. The van der Waals surface area contributed by atoms with Gasteiger partial charge in [-0.2, -0.15) is 0 Å². The van der Waals surface area contributed by atoms with Gasteiger partial charge in [-0.3, -0.25) is 4.79 Å². The number of nitrogens with zero attached hydrogens (tertiary/aromatic N) is 4. The van der Waals surface area contributed by atoms with Crippen molar-refractivity contribution in [2.75, 3.05) is 19.8 Å². The SMILES string of the molecule is C=CCNC(=O)[C@]1(Cc2ccccc2Br)N=C(c2ccc(OCCCO)cc2)O[C@@H]1c1ccccc1N=[N+]=[N-]. The minimum absolute atomic E-state index is 0.0506. The van der Waals surface area contributed by atoms with Crippen LogP contribution in [0, 0.1) is 0 Å². The third kappa shape index (κ3) is 6.31. The number of hydrogen-bond donors (Lipinski definition) is 2. The normalized spacial score (nSPS) is 17.9. The second-order valence-electron chi connectivity index (χ2n) is 8.80. The Morgan fingerprint density at radius 3 is 2.67 bits per heavy atom. The summed E-state index contributed by atoms with van der Waals surface area (Å²) in [4.78, 5) is 21.9. The van der Waals surface area contributed by atoms with Crippen molar-refractivity contribution >= 4 is 33.4 Å². The van der Waals surface area contributed by atoms with E-state index in [4.69, 9.17) is 19.6 Å². The Labute approximate surface area is 234 Å². The summed E-state index contributed by atoms with van der Waals surface area (Å²) in [6, 6.07) is 21.8. The molecule has 0 radical (unpaired) electrons. The van der Waals surface area contributed by atoms with Crippen LogP contribution >= 0.6 is 15.9 Å². The summed E-state index contributed by atoms with van der Waals surface area (Å²) >= 11 is 3.61. The van der Waals surface area contributed by atoms with Crippen molar-refractivity contribution in [2.24, 2.45) is 10.1 Å². The molecule has 0 unspecified atom stereocenters. The first-order valence-corrected chi connectivity index (χ1v) is 13.2. The summed E-state index contributed by atoms with van der Waals surface area (Å²) in [5.41, 5.74) is 10.2. The number of halogens is 1. The van der Waals surface area contributed by atoms with Gasteiger partial charge in [0, 0.05) is 52.2 Å². The molecule has 9 nitrogen and oxygen atoms in total. The number of aliphatic hydroxyl groups is 1. The van der Waals surface area contributed by atoms with E-state index in [0.29, 0.717) is 35.6 Å². The number of carbonyl (C=O) groups is 1. The average Bonchev–Trinajstić information content (AvgIpc) is 3.34. The molecule has 200 valence electrons. The number of carbonyl (C=O) groups excluding carboxylic acids is 1. The fourth-order valence-electron chi connectivity index (χ4n) is 4.36. The largest absolute Gasteiger partial charge is 0.494 e. The van der Waals surface area contributed by atoms with Crippen LogP contribution in [0.25, 0.3) is 10.4 Å². The van der Waals surface area contributed by atoms with Crippen molar-refractivity contribution in [1.29, 1.82) is 0 Å². The van der Waals surface area contributed by atoms with E-state index in [2.05, 4.69) is 37.9 Å². The summed E-state index contributed by atoms with van der Waals surface area (Å²) in [5, 5.41) is 15.8. The van der Waals surface area contributed by atoms with Crippen molar-refractivity contribution in [3.63, 3.8) is 0 Å². The predicted octanol–water partition coefficient (Wildman–Crippen LogP) is 5.95. The Hall–Kier alpha value is -4.11. The zero-order chi connectivity index (χ0) is 27.7. The number of ether oxygens (including phenoxy) is 2. The molecule has 1 aliphatic heterocycles. The van der Waals surface area contributed by atoms with Gasteiger partial charge in [0.05, 0.1) is 6.61 Å². The number of amides is 1. The Kier molecular flexibility index (Phi) is 9.38. The molecule has 3 aromatic carbocycles. The zero-order valence-electron chi connectivity index (χ0n) is 21.2. The van der Waals surface area contributed by atoms with Gasteiger partial charge >= 0.3 is 0 Å². The van der Waals surface area contributed by atoms with Crippen LogP contribution in [0.5, 0.6) is 5.75 Å². The third-order valence-electron chi connectivity index (χ3n) is 6.23. The lowest BCUT2D eigenvalue weighted by Crippen LogP contribution is -2.50. The number of aliphatic hydroxyl groups excluding tert-OH is 1. The van der Waals surface area contributed by atoms with Crippen LogP contribution in [0.2, 0.25) is 0 Å². The number of benzene rings is 3. The summed E-state index contributed by atoms with van der Waals surface area (Å²) in [6.45, 7) is 4.41. The highest BCUT2D eigenvalue weighted by atomic mass is 79.9. The van der Waals surface area contributed by atoms with E-state index in [1.165, 1.54) is 0 Å². The van der Waals surface area contributed by atoms with Crippen LogP contribution in [-0.2, 0) is 16.0 Å². The van der Waals surface area contributed by atoms with Crippen molar-refractivity contribution in [2.45, 2.75) is 24.5 Å². The Balaban J connectivity index is 1.84. The zero-order valence-corrected chi connectivity index (χ0v) is 22.8. The predicted molar refractivity (Wildman–Crippen MR) is 153 cm³/mol. The molecule has 1 amide bonds. The van der Waals surface area contributed by atoms with E-state index in [1.807, 2.05) is 24.3 Å². The fraction of sp³-hybridized carbons (Fsp3) is 0.241. The number of nitrogens with one attached hydrogen (secondary N) is 1. The minimum atomic E-state index is -1.43. The molecule has 1 aliphatic rings. The summed E-state index contributed by atoms with van der Waals surface area (Å²) in [5.74, 6) is 0.565. The molecule has 0 saturated carbocycles. The van der Waals surface area contributed by atoms with Crippen LogP contribution in [0.15, 0.2) is 100 Å². The van der Waals surface area contributed by atoms with Gasteiger partial charge in [0.2, 0.25) is 5.90 Å². The van der Waals surface area contributed by atoms with Gasteiger partial charge < -0.3 is 19.9 Å². The molecule has 3 aromatic rings. The van der Waals surface area contributed by atoms with Crippen molar-refractivity contribution in [3.8, 4) is 5.75 Å². The van der Waals surface area contributed by atoms with E-state index in [0.717, 1.165) is 10.0 Å². The van der Waals surface area contributed by atoms with Crippen molar-refractivity contribution in [1.82, 2.24) is 5.32 Å². The third-order valence-corrected chi connectivity index (χ3v) is 7.00. The maximum atomic E-state index is 14.0. The number of rotatable bonds is 12. The Morgan fingerprint density at radius 1 is 1.21 bits per heavy atom. The first kappa shape index (κ1) is 27.9. The molecular formula is C29H28BrN5O4. The molecule has 2 atom stereocenters. The second-order valence-corrected chi connectivity index (χ2v) is 9.66. The second kappa shape index (κ2) is 13.1. The van der Waals surface area contributed by atoms with Gasteiger partial charge in [0.1, 0.15) is 5.75 Å². The number of hydrogen-bond acceptors (Lipinski definition) is 6. The highest BCUT2D eigenvalue weighted by Crippen LogP contribution is 2.46. The van der Waals surface area contributed by atoms with Crippen LogP contribution in [-0.4, -0.2) is 42.2 Å². The molecule has 0 saturated heterocycles. The van der Waals surface area contributed by atoms with Gasteiger partial charge in [0.15, 0.2) is 11.6 Å². The topological polar surface area (TPSA) is 129 Å². The van der Waals surface area contributed by atoms with Crippen LogP contribution < -0.4 is 10.1 Å². The highest BCUT2D eigenvalue weighted by molar-refractivity contribution is 9.10. The summed E-state index contributed by atoms with van der Waals surface area (Å²) in [6.07, 6.45) is 1.44. The molecule has 4 rings (SSSR count). The van der Waals surface area contributed by atoms with Gasteiger partial charge in [-0.15, -0.1) is 6.58 Å². The van der Waals surface area contributed by atoms with Gasteiger partial charge in [0.25, 0.3) is 5.91 Å². The molecule has 0 aromatic heterocycles. The van der Waals surface area contributed by atoms with E-state index in [-0.39, 0.29) is 31.4 Å². The molecule has 0 bridgehead atoms. The fourth-order valence-corrected chi connectivity index (χ4v) is 4.78. The van der Waals surface area contributed by atoms with E-state index in [1.54, 1.807) is 54.6 Å². The highest BCUT2D eigenvalue weighted by Gasteiger charge is 2.53. The molecule has 0 fully saturated rings. The Bertz CT molecular complexity index is 1400. The monoisotopic (exact) mass is 589 g/mol. The molecule has 0 aliphatic carbocycles. The number of azide groups is 1. The first-order valence-electron chi connectivity index (χ1n) is 12.4. The number of aliphatic imine (C=N–C) groups is 1.